The number of nitrogens with zero attached hydrogens (tertiary/aromatic N) is 1. The Morgan fingerprint density at radius 1 is 1.15 bits per heavy atom. The van der Waals surface area contributed by atoms with Crippen molar-refractivity contribution in [2.45, 2.75) is 49.5 Å². The van der Waals surface area contributed by atoms with E-state index >= 15 is 0 Å². The molecule has 0 atom stereocenters. The second-order valence-electron chi connectivity index (χ2n) is 7.77. The van der Waals surface area contributed by atoms with E-state index in [1.165, 1.54) is 19.2 Å². The third-order valence-corrected chi connectivity index (χ3v) is 7.14. The molecule has 0 unspecified atom stereocenters. The van der Waals surface area contributed by atoms with Gasteiger partial charge in [0, 0.05) is 52.8 Å². The summed E-state index contributed by atoms with van der Waals surface area (Å²) in [4.78, 5) is 28.6. The third kappa shape index (κ3) is 8.23. The van der Waals surface area contributed by atoms with Crippen LogP contribution >= 0.6 is 15.9 Å². The van der Waals surface area contributed by atoms with Crippen molar-refractivity contribution in [1.29, 1.82) is 0 Å². The monoisotopic (exact) mass is 561 g/mol. The van der Waals surface area contributed by atoms with Crippen LogP contribution in [0.2, 0.25) is 0 Å². The van der Waals surface area contributed by atoms with Gasteiger partial charge in [0.2, 0.25) is 5.88 Å². The van der Waals surface area contributed by atoms with Crippen LogP contribution < -0.4 is 20.1 Å². The number of carbonyl (C=O) groups excluding carboxylic acids is 2. The van der Waals surface area contributed by atoms with Crippen LogP contribution in [0.5, 0.6) is 5.88 Å². The molecule has 3 amide bonds. The molecule has 12 heteroatoms. The van der Waals surface area contributed by atoms with Gasteiger partial charge in [-0.05, 0) is 59.0 Å². The van der Waals surface area contributed by atoms with E-state index in [-0.39, 0.29) is 52.3 Å². The van der Waals surface area contributed by atoms with Crippen molar-refractivity contribution in [2.24, 2.45) is 0 Å². The summed E-state index contributed by atoms with van der Waals surface area (Å²) < 4.78 is 32.8. The van der Waals surface area contributed by atoms with Gasteiger partial charge in [0.1, 0.15) is 5.56 Å². The molecular formula is C22H27BrN4NaO5S. The third-order valence-electron chi connectivity index (χ3n) is 5.36. The molecule has 1 saturated carbocycles. The minimum Gasteiger partial charge on any atom is -0.480 e. The molecule has 1 aliphatic carbocycles. The number of benzene rings is 1. The molecule has 1 radical (unpaired) electrons. The van der Waals surface area contributed by atoms with E-state index in [0.29, 0.717) is 23.0 Å². The Balaban J connectivity index is 0.00000408. The van der Waals surface area contributed by atoms with Crippen LogP contribution in [0.1, 0.15) is 48.0 Å². The fourth-order valence-electron chi connectivity index (χ4n) is 3.65. The Kier molecular flexibility index (Phi) is 11.3. The Bertz CT molecular complexity index is 1090. The largest absolute Gasteiger partial charge is 0.480 e. The van der Waals surface area contributed by atoms with E-state index < -0.39 is 16.1 Å². The van der Waals surface area contributed by atoms with E-state index in [0.717, 1.165) is 37.7 Å². The van der Waals surface area contributed by atoms with Gasteiger partial charge in [0.15, 0.2) is 0 Å². The van der Waals surface area contributed by atoms with Gasteiger partial charge < -0.3 is 15.4 Å². The number of methoxy groups -OCH3 is 1. The van der Waals surface area contributed by atoms with Gasteiger partial charge in [-0.25, -0.2) is 22.9 Å². The Hall–Kier alpha value is -1.66. The summed E-state index contributed by atoms with van der Waals surface area (Å²) in [7, 11) is -2.52. The number of aromatic nitrogens is 1. The molecule has 1 aromatic carbocycles. The van der Waals surface area contributed by atoms with E-state index in [2.05, 4.69) is 36.3 Å². The van der Waals surface area contributed by atoms with Crippen molar-refractivity contribution in [3.63, 3.8) is 0 Å². The van der Waals surface area contributed by atoms with Gasteiger partial charge in [0.05, 0.1) is 12.0 Å². The van der Waals surface area contributed by atoms with Crippen molar-refractivity contribution in [3.05, 3.63) is 52.1 Å². The van der Waals surface area contributed by atoms with Gasteiger partial charge in [0.25, 0.3) is 15.9 Å². The summed E-state index contributed by atoms with van der Waals surface area (Å²) in [6.07, 6.45) is 6.97. The Labute approximate surface area is 230 Å². The quantitative estimate of drug-likeness (QED) is 0.425. The normalized spacial score (nSPS) is 13.9. The smallest absolute Gasteiger partial charge is 0.328 e. The zero-order valence-corrected chi connectivity index (χ0v) is 23.7. The molecule has 179 valence electrons. The number of nitrogens with one attached hydrogen (secondary N) is 3. The van der Waals surface area contributed by atoms with Crippen LogP contribution in [0.15, 0.2) is 45.9 Å². The van der Waals surface area contributed by atoms with Crippen LogP contribution in [0.25, 0.3) is 0 Å². The molecule has 1 fully saturated rings. The van der Waals surface area contributed by atoms with E-state index in [4.69, 9.17) is 4.74 Å². The van der Waals surface area contributed by atoms with Gasteiger partial charge in [-0.15, -0.1) is 0 Å². The summed E-state index contributed by atoms with van der Waals surface area (Å²) >= 11 is 3.28. The van der Waals surface area contributed by atoms with Crippen molar-refractivity contribution >= 4 is 67.4 Å². The number of carbonyl (C=O) groups is 2. The minimum atomic E-state index is -3.97. The fraction of sp³-hybridized carbons (Fsp3) is 0.409. The van der Waals surface area contributed by atoms with Crippen molar-refractivity contribution in [3.8, 4) is 5.88 Å². The Morgan fingerprint density at radius 3 is 2.47 bits per heavy atom. The second kappa shape index (κ2) is 13.4. The van der Waals surface area contributed by atoms with Crippen molar-refractivity contribution in [1.82, 2.24) is 20.3 Å². The minimum absolute atomic E-state index is 0. The number of pyridine rings is 1. The van der Waals surface area contributed by atoms with Gasteiger partial charge in [-0.2, -0.15) is 0 Å². The molecule has 3 N–H and O–H groups in total. The first-order valence-corrected chi connectivity index (χ1v) is 13.0. The molecular weight excluding hydrogens is 535 g/mol. The summed E-state index contributed by atoms with van der Waals surface area (Å²) in [5, 5.41) is 5.53. The predicted molar refractivity (Wildman–Crippen MR) is 132 cm³/mol. The molecule has 0 bridgehead atoms. The maximum atomic E-state index is 12.5. The van der Waals surface area contributed by atoms with E-state index in [9.17, 15) is 18.0 Å². The Morgan fingerprint density at radius 2 is 1.82 bits per heavy atom. The van der Waals surface area contributed by atoms with Crippen LogP contribution in [0, 0.1) is 0 Å². The maximum absolute atomic E-state index is 12.5. The van der Waals surface area contributed by atoms with Gasteiger partial charge in [-0.1, -0.05) is 31.4 Å². The van der Waals surface area contributed by atoms with Gasteiger partial charge in [-0.3, -0.25) is 4.79 Å². The van der Waals surface area contributed by atoms with Crippen LogP contribution in [0.3, 0.4) is 0 Å². The molecule has 1 aliphatic rings. The summed E-state index contributed by atoms with van der Waals surface area (Å²) in [6, 6.07) is 7.12. The van der Waals surface area contributed by atoms with E-state index in [1.807, 2.05) is 0 Å². The SMILES string of the molecule is COc1ncc(Br)cc1C(=O)NCCc1ccc(S(=O)(=O)NC(=O)NC2CCCCC2)cc1.[Na]. The standard InChI is InChI=1S/C22H27BrN4O5S.Na/c1-32-21-19(13-16(23)14-25-21)20(28)24-12-11-15-7-9-18(10-8-15)33(30,31)27-22(29)26-17-5-3-2-4-6-17;/h7-10,13-14,17H,2-6,11-12H2,1H3,(H,24,28)(H2,26,27,29);. The molecule has 2 aromatic rings. The number of hydrogen-bond acceptors (Lipinski definition) is 6. The molecule has 3 rings (SSSR count). The zero-order chi connectivity index (χ0) is 23.8. The molecule has 34 heavy (non-hydrogen) atoms. The molecule has 1 heterocycles. The first-order valence-electron chi connectivity index (χ1n) is 10.7. The number of halogens is 1. The average molecular weight is 562 g/mol. The molecule has 9 nitrogen and oxygen atoms in total. The van der Waals surface area contributed by atoms with Crippen LogP contribution in [-0.4, -0.2) is 74.6 Å². The maximum Gasteiger partial charge on any atom is 0.328 e. The fourth-order valence-corrected chi connectivity index (χ4v) is 4.89. The summed E-state index contributed by atoms with van der Waals surface area (Å²) in [5.74, 6) is -0.0988. The molecule has 0 saturated heterocycles. The average Bonchev–Trinajstić information content (AvgIpc) is 2.79. The summed E-state index contributed by atoms with van der Waals surface area (Å²) in [6.45, 7) is 0.336. The number of ether oxygens (including phenoxy) is 1. The number of amides is 3. The topological polar surface area (TPSA) is 126 Å². The zero-order valence-electron chi connectivity index (χ0n) is 19.3. The number of urea groups is 1. The van der Waals surface area contributed by atoms with Gasteiger partial charge >= 0.3 is 6.03 Å². The molecule has 0 aliphatic heterocycles. The van der Waals surface area contributed by atoms with Crippen LogP contribution in [0.4, 0.5) is 4.79 Å². The number of hydrogen-bond donors (Lipinski definition) is 3. The van der Waals surface area contributed by atoms with Crippen LogP contribution in [-0.2, 0) is 16.4 Å². The summed E-state index contributed by atoms with van der Waals surface area (Å²) in [5.41, 5.74) is 1.14. The molecule has 1 aromatic heterocycles. The molecule has 0 spiro atoms. The van der Waals surface area contributed by atoms with Crippen molar-refractivity contribution < 1.29 is 22.7 Å². The first kappa shape index (κ1) is 28.6. The number of sulfonamides is 1. The van der Waals surface area contributed by atoms with E-state index in [1.54, 1.807) is 24.4 Å². The van der Waals surface area contributed by atoms with Crippen molar-refractivity contribution in [2.75, 3.05) is 13.7 Å². The first-order chi connectivity index (χ1) is 15.8. The second-order valence-corrected chi connectivity index (χ2v) is 10.4. The number of rotatable bonds is 8. The predicted octanol–water partition coefficient (Wildman–Crippen LogP) is 2.77.